The van der Waals surface area contributed by atoms with Gasteiger partial charge in [-0.1, -0.05) is 32.0 Å². The van der Waals surface area contributed by atoms with Gasteiger partial charge in [-0.2, -0.15) is 0 Å². The lowest BCUT2D eigenvalue weighted by Gasteiger charge is -2.32. The van der Waals surface area contributed by atoms with Gasteiger partial charge in [0.25, 0.3) is 0 Å². The minimum absolute atomic E-state index is 0.219. The highest BCUT2D eigenvalue weighted by Gasteiger charge is 2.49. The summed E-state index contributed by atoms with van der Waals surface area (Å²) in [4.78, 5) is 2.59. The van der Waals surface area contributed by atoms with Crippen molar-refractivity contribution in [1.29, 1.82) is 0 Å². The highest BCUT2D eigenvalue weighted by atomic mass is 16.5. The summed E-state index contributed by atoms with van der Waals surface area (Å²) in [7, 11) is 1.77. The zero-order valence-electron chi connectivity index (χ0n) is 12.4. The third kappa shape index (κ3) is 2.93. The van der Waals surface area contributed by atoms with Crippen LogP contribution in [-0.2, 0) is 5.54 Å². The molecule has 1 fully saturated rings. The molecule has 19 heavy (non-hydrogen) atoms. The topological polar surface area (TPSA) is 24.5 Å². The first kappa shape index (κ1) is 14.4. The molecule has 0 aromatic heterocycles. The number of nitrogens with one attached hydrogen (secondary N) is 1. The molecule has 0 amide bonds. The van der Waals surface area contributed by atoms with Crippen molar-refractivity contribution in [1.82, 2.24) is 10.2 Å². The summed E-state index contributed by atoms with van der Waals surface area (Å²) in [6.07, 6.45) is 2.49. The fourth-order valence-electron chi connectivity index (χ4n) is 2.97. The first-order valence-corrected chi connectivity index (χ1v) is 7.37. The summed E-state index contributed by atoms with van der Waals surface area (Å²) >= 11 is 0. The molecule has 0 saturated heterocycles. The first-order valence-electron chi connectivity index (χ1n) is 7.37. The van der Waals surface area contributed by atoms with E-state index in [1.807, 2.05) is 6.07 Å². The van der Waals surface area contributed by atoms with Gasteiger partial charge in [0.05, 0.1) is 7.11 Å². The minimum Gasteiger partial charge on any atom is -0.496 e. The molecule has 1 aromatic rings. The van der Waals surface area contributed by atoms with E-state index in [9.17, 15) is 0 Å². The molecule has 2 rings (SSSR count). The fourth-order valence-corrected chi connectivity index (χ4v) is 2.97. The maximum Gasteiger partial charge on any atom is 0.123 e. The average molecular weight is 262 g/mol. The van der Waals surface area contributed by atoms with E-state index in [0.29, 0.717) is 0 Å². The molecule has 1 aromatic carbocycles. The van der Waals surface area contributed by atoms with E-state index >= 15 is 0 Å². The van der Waals surface area contributed by atoms with Crippen molar-refractivity contribution in [2.24, 2.45) is 0 Å². The minimum atomic E-state index is 0.219. The smallest absolute Gasteiger partial charge is 0.123 e. The van der Waals surface area contributed by atoms with Gasteiger partial charge in [0, 0.05) is 24.2 Å². The summed E-state index contributed by atoms with van der Waals surface area (Å²) in [6.45, 7) is 8.69. The molecule has 1 N–H and O–H groups in total. The Balaban J connectivity index is 2.16. The summed E-state index contributed by atoms with van der Waals surface area (Å²) in [5.41, 5.74) is 1.58. The molecular formula is C16H26N2O. The molecule has 0 atom stereocenters. The molecule has 0 spiro atoms. The van der Waals surface area contributed by atoms with E-state index in [2.05, 4.69) is 42.3 Å². The zero-order valence-corrected chi connectivity index (χ0v) is 12.4. The van der Waals surface area contributed by atoms with Gasteiger partial charge in [0.1, 0.15) is 5.75 Å². The SMILES string of the molecule is CCNCCN(CC)C1(c2ccccc2OC)CC1. The normalized spacial score (nSPS) is 16.6. The maximum absolute atomic E-state index is 5.55. The van der Waals surface area contributed by atoms with Crippen LogP contribution in [0.5, 0.6) is 5.75 Å². The Morgan fingerprint density at radius 3 is 2.58 bits per heavy atom. The van der Waals surface area contributed by atoms with Crippen LogP contribution >= 0.6 is 0 Å². The molecule has 0 unspecified atom stereocenters. The van der Waals surface area contributed by atoms with Gasteiger partial charge < -0.3 is 10.1 Å². The monoisotopic (exact) mass is 262 g/mol. The van der Waals surface area contributed by atoms with Crippen molar-refractivity contribution >= 4 is 0 Å². The largest absolute Gasteiger partial charge is 0.496 e. The second kappa shape index (κ2) is 6.40. The van der Waals surface area contributed by atoms with Crippen molar-refractivity contribution < 1.29 is 4.74 Å². The molecule has 1 aliphatic rings. The standard InChI is InChI=1S/C16H26N2O/c1-4-17-12-13-18(5-2)16(10-11-16)14-8-6-7-9-15(14)19-3/h6-9,17H,4-5,10-13H2,1-3H3. The Kier molecular flexibility index (Phi) is 4.83. The number of hydrogen-bond donors (Lipinski definition) is 1. The van der Waals surface area contributed by atoms with E-state index < -0.39 is 0 Å². The van der Waals surface area contributed by atoms with E-state index in [4.69, 9.17) is 4.74 Å². The van der Waals surface area contributed by atoms with Crippen LogP contribution in [0.15, 0.2) is 24.3 Å². The molecule has 106 valence electrons. The highest BCUT2D eigenvalue weighted by molar-refractivity contribution is 5.42. The predicted octanol–water partition coefficient (Wildman–Crippen LogP) is 2.62. The van der Waals surface area contributed by atoms with Gasteiger partial charge >= 0.3 is 0 Å². The average Bonchev–Trinajstić information content (AvgIpc) is 3.25. The Hall–Kier alpha value is -1.06. The van der Waals surface area contributed by atoms with Crippen molar-refractivity contribution in [3.05, 3.63) is 29.8 Å². The number of likely N-dealkylation sites (N-methyl/N-ethyl adjacent to an activating group) is 2. The van der Waals surface area contributed by atoms with E-state index in [1.54, 1.807) is 7.11 Å². The van der Waals surface area contributed by atoms with Crippen LogP contribution in [0.4, 0.5) is 0 Å². The molecule has 0 heterocycles. The predicted molar refractivity (Wildman–Crippen MR) is 79.7 cm³/mol. The number of benzene rings is 1. The lowest BCUT2D eigenvalue weighted by molar-refractivity contribution is 0.183. The van der Waals surface area contributed by atoms with Gasteiger partial charge in [-0.05, 0) is 32.0 Å². The number of rotatable bonds is 8. The number of methoxy groups -OCH3 is 1. The summed E-state index contributed by atoms with van der Waals surface area (Å²) in [5, 5.41) is 3.42. The second-order valence-electron chi connectivity index (χ2n) is 5.17. The van der Waals surface area contributed by atoms with Crippen LogP contribution < -0.4 is 10.1 Å². The Labute approximate surface area is 116 Å². The summed E-state index contributed by atoms with van der Waals surface area (Å²) < 4.78 is 5.55. The number of hydrogen-bond acceptors (Lipinski definition) is 3. The van der Waals surface area contributed by atoms with Crippen molar-refractivity contribution in [3.63, 3.8) is 0 Å². The van der Waals surface area contributed by atoms with Crippen molar-refractivity contribution in [2.45, 2.75) is 32.2 Å². The van der Waals surface area contributed by atoms with Gasteiger partial charge in [-0.15, -0.1) is 0 Å². The van der Waals surface area contributed by atoms with Crippen LogP contribution in [0.1, 0.15) is 32.3 Å². The Bertz CT molecular complexity index is 401. The molecule has 3 heteroatoms. The maximum atomic E-state index is 5.55. The zero-order chi connectivity index (χ0) is 13.7. The van der Waals surface area contributed by atoms with Crippen LogP contribution in [0.25, 0.3) is 0 Å². The third-order valence-corrected chi connectivity index (χ3v) is 4.13. The quantitative estimate of drug-likeness (QED) is 0.729. The molecule has 0 aliphatic heterocycles. The van der Waals surface area contributed by atoms with Crippen molar-refractivity contribution in [2.75, 3.05) is 33.3 Å². The van der Waals surface area contributed by atoms with Crippen LogP contribution in [0, 0.1) is 0 Å². The van der Waals surface area contributed by atoms with E-state index in [1.165, 1.54) is 18.4 Å². The molecular weight excluding hydrogens is 236 g/mol. The van der Waals surface area contributed by atoms with E-state index in [0.717, 1.165) is 31.9 Å². The van der Waals surface area contributed by atoms with Gasteiger partial charge in [0.15, 0.2) is 0 Å². The number of para-hydroxylation sites is 1. The first-order chi connectivity index (χ1) is 9.28. The van der Waals surface area contributed by atoms with Gasteiger partial charge in [-0.3, -0.25) is 4.90 Å². The van der Waals surface area contributed by atoms with Crippen LogP contribution in [0.3, 0.4) is 0 Å². The van der Waals surface area contributed by atoms with Gasteiger partial charge in [-0.25, -0.2) is 0 Å². The molecule has 0 radical (unpaired) electrons. The Morgan fingerprint density at radius 2 is 2.00 bits per heavy atom. The lowest BCUT2D eigenvalue weighted by atomic mass is 10.0. The van der Waals surface area contributed by atoms with Crippen molar-refractivity contribution in [3.8, 4) is 5.75 Å². The highest BCUT2D eigenvalue weighted by Crippen LogP contribution is 2.53. The third-order valence-electron chi connectivity index (χ3n) is 4.13. The molecule has 1 aliphatic carbocycles. The number of nitrogens with zero attached hydrogens (tertiary/aromatic N) is 1. The van der Waals surface area contributed by atoms with E-state index in [-0.39, 0.29) is 5.54 Å². The Morgan fingerprint density at radius 1 is 1.26 bits per heavy atom. The fraction of sp³-hybridized carbons (Fsp3) is 0.625. The number of ether oxygens (including phenoxy) is 1. The summed E-state index contributed by atoms with van der Waals surface area (Å²) in [6, 6.07) is 8.47. The van der Waals surface area contributed by atoms with Crippen LogP contribution in [-0.4, -0.2) is 38.2 Å². The summed E-state index contributed by atoms with van der Waals surface area (Å²) in [5.74, 6) is 1.03. The molecule has 0 bridgehead atoms. The van der Waals surface area contributed by atoms with Gasteiger partial charge in [0.2, 0.25) is 0 Å². The lowest BCUT2D eigenvalue weighted by Crippen LogP contribution is -2.40. The molecule has 1 saturated carbocycles. The second-order valence-corrected chi connectivity index (χ2v) is 5.17. The molecule has 3 nitrogen and oxygen atoms in total. The van der Waals surface area contributed by atoms with Crippen LogP contribution in [0.2, 0.25) is 0 Å².